The van der Waals surface area contributed by atoms with Crippen molar-refractivity contribution in [3.05, 3.63) is 180 Å². The third-order valence-corrected chi connectivity index (χ3v) is 11.5. The van der Waals surface area contributed by atoms with Gasteiger partial charge in [-0.2, -0.15) is 0 Å². The summed E-state index contributed by atoms with van der Waals surface area (Å²) in [6.45, 7) is 17.9. The second-order valence-corrected chi connectivity index (χ2v) is 17.7. The molecular weight excluding hydrogens is 693 g/mol. The molecule has 0 radical (unpaired) electrons. The predicted molar refractivity (Wildman–Crippen MR) is 245 cm³/mol. The van der Waals surface area contributed by atoms with Crippen LogP contribution in [0.1, 0.15) is 63.8 Å². The minimum absolute atomic E-state index is 0.0552. The van der Waals surface area contributed by atoms with Crippen LogP contribution in [0.25, 0.3) is 43.5 Å². The van der Waals surface area contributed by atoms with E-state index in [9.17, 15) is 0 Å². The molecule has 0 atom stereocenters. The van der Waals surface area contributed by atoms with E-state index in [-0.39, 0.29) is 10.8 Å². The Kier molecular flexibility index (Phi) is 8.73. The topological polar surface area (TPSA) is 19.6 Å². The summed E-state index contributed by atoms with van der Waals surface area (Å²) in [7, 11) is 0. The van der Waals surface area contributed by atoms with Crippen LogP contribution in [0.4, 0.5) is 34.1 Å². The van der Waals surface area contributed by atoms with E-state index in [2.05, 4.69) is 223 Å². The smallest absolute Gasteiger partial charge is 0.138 e. The number of hydrogen-bond donors (Lipinski definition) is 0. The molecule has 1 heterocycles. The Morgan fingerprint density at radius 3 is 0.982 bits per heavy atom. The zero-order chi connectivity index (χ0) is 39.6. The van der Waals surface area contributed by atoms with Crippen LogP contribution in [0, 0.1) is 13.8 Å². The molecule has 0 N–H and O–H groups in total. The van der Waals surface area contributed by atoms with Crippen LogP contribution in [0.5, 0.6) is 0 Å². The number of hydrogen-bond acceptors (Lipinski definition) is 3. The maximum absolute atomic E-state index is 7.11. The first kappa shape index (κ1) is 36.3. The van der Waals surface area contributed by atoms with E-state index >= 15 is 0 Å². The minimum atomic E-state index is 0.0552. The Hall–Kier alpha value is -6.32. The lowest BCUT2D eigenvalue weighted by atomic mass is 9.87. The van der Waals surface area contributed by atoms with Gasteiger partial charge in [-0.15, -0.1) is 0 Å². The van der Waals surface area contributed by atoms with E-state index in [0.717, 1.165) is 56.1 Å². The van der Waals surface area contributed by atoms with Gasteiger partial charge in [-0.05, 0) is 95.1 Å². The third-order valence-electron chi connectivity index (χ3n) is 11.5. The van der Waals surface area contributed by atoms with E-state index in [0.29, 0.717) is 0 Å². The van der Waals surface area contributed by atoms with Gasteiger partial charge in [0.15, 0.2) is 0 Å². The van der Waals surface area contributed by atoms with Gasteiger partial charge in [-0.1, -0.05) is 150 Å². The first-order valence-electron chi connectivity index (χ1n) is 20.1. The molecule has 0 bridgehead atoms. The molecule has 57 heavy (non-hydrogen) atoms. The largest absolute Gasteiger partial charge is 0.456 e. The molecule has 0 unspecified atom stereocenters. The maximum atomic E-state index is 7.11. The molecule has 1 aromatic heterocycles. The van der Waals surface area contributed by atoms with Gasteiger partial charge in [-0.3, -0.25) is 0 Å². The van der Waals surface area contributed by atoms with Crippen LogP contribution < -0.4 is 9.80 Å². The van der Waals surface area contributed by atoms with Crippen molar-refractivity contribution < 1.29 is 4.42 Å². The summed E-state index contributed by atoms with van der Waals surface area (Å²) in [6.07, 6.45) is 0. The van der Waals surface area contributed by atoms with Crippen molar-refractivity contribution in [2.45, 2.75) is 66.2 Å². The average Bonchev–Trinajstić information content (AvgIpc) is 3.58. The van der Waals surface area contributed by atoms with E-state index < -0.39 is 0 Å². The molecule has 8 aromatic carbocycles. The molecule has 0 aliphatic heterocycles. The lowest BCUT2D eigenvalue weighted by Crippen LogP contribution is -2.13. The number of fused-ring (bicyclic) bond motifs is 7. The van der Waals surface area contributed by atoms with Crippen LogP contribution in [-0.4, -0.2) is 0 Å². The number of aryl methyl sites for hydroxylation is 2. The molecule has 3 nitrogen and oxygen atoms in total. The fourth-order valence-electron chi connectivity index (χ4n) is 8.29. The van der Waals surface area contributed by atoms with Crippen molar-refractivity contribution in [1.29, 1.82) is 0 Å². The second-order valence-electron chi connectivity index (χ2n) is 17.7. The van der Waals surface area contributed by atoms with Gasteiger partial charge in [-0.25, -0.2) is 0 Å². The molecule has 0 fully saturated rings. The van der Waals surface area contributed by atoms with Gasteiger partial charge < -0.3 is 14.2 Å². The van der Waals surface area contributed by atoms with Crippen molar-refractivity contribution in [3.63, 3.8) is 0 Å². The molecule has 0 aliphatic carbocycles. The van der Waals surface area contributed by atoms with Crippen molar-refractivity contribution in [2.75, 3.05) is 9.80 Å². The molecule has 9 aromatic rings. The molecule has 0 spiro atoms. The number of furan rings is 1. The van der Waals surface area contributed by atoms with Crippen molar-refractivity contribution in [3.8, 4) is 0 Å². The highest BCUT2D eigenvalue weighted by molar-refractivity contribution is 6.30. The highest BCUT2D eigenvalue weighted by atomic mass is 16.3. The van der Waals surface area contributed by atoms with Crippen LogP contribution in [0.15, 0.2) is 162 Å². The Bertz CT molecular complexity index is 2700. The molecular formula is C54H50N2O. The molecule has 9 rings (SSSR count). The van der Waals surface area contributed by atoms with E-state index in [1.807, 2.05) is 0 Å². The summed E-state index contributed by atoms with van der Waals surface area (Å²) < 4.78 is 7.11. The van der Waals surface area contributed by atoms with Gasteiger partial charge in [0.2, 0.25) is 0 Å². The lowest BCUT2D eigenvalue weighted by molar-refractivity contribution is 0.590. The number of anilines is 6. The van der Waals surface area contributed by atoms with Gasteiger partial charge in [0.25, 0.3) is 0 Å². The van der Waals surface area contributed by atoms with Crippen LogP contribution in [-0.2, 0) is 10.8 Å². The van der Waals surface area contributed by atoms with Gasteiger partial charge in [0.1, 0.15) is 11.2 Å². The Morgan fingerprint density at radius 2 is 0.667 bits per heavy atom. The van der Waals surface area contributed by atoms with Gasteiger partial charge in [0, 0.05) is 56.4 Å². The summed E-state index contributed by atoms with van der Waals surface area (Å²) in [4.78, 5) is 4.76. The number of benzene rings is 8. The van der Waals surface area contributed by atoms with Crippen LogP contribution >= 0.6 is 0 Å². The van der Waals surface area contributed by atoms with E-state index in [1.54, 1.807) is 0 Å². The van der Waals surface area contributed by atoms with Crippen molar-refractivity contribution in [1.82, 2.24) is 0 Å². The molecule has 3 heteroatoms. The predicted octanol–water partition coefficient (Wildman–Crippen LogP) is 16.0. The van der Waals surface area contributed by atoms with Crippen molar-refractivity contribution >= 4 is 77.6 Å². The zero-order valence-electron chi connectivity index (χ0n) is 34.3. The Labute approximate surface area is 336 Å². The molecule has 0 amide bonds. The number of nitrogens with zero attached hydrogens (tertiary/aromatic N) is 2. The van der Waals surface area contributed by atoms with Crippen molar-refractivity contribution in [2.24, 2.45) is 0 Å². The van der Waals surface area contributed by atoms with Gasteiger partial charge >= 0.3 is 0 Å². The quantitative estimate of drug-likeness (QED) is 0.169. The summed E-state index contributed by atoms with van der Waals surface area (Å²) >= 11 is 0. The maximum Gasteiger partial charge on any atom is 0.138 e. The van der Waals surface area contributed by atoms with Gasteiger partial charge in [0.05, 0.1) is 11.4 Å². The normalized spacial score (nSPS) is 12.2. The van der Waals surface area contributed by atoms with E-state index in [1.165, 1.54) is 43.8 Å². The fraction of sp³-hybridized carbons (Fsp3) is 0.185. The standard InChI is InChI=1S/C54H50N2O/c1-35-17-25-39(26-18-35)55(41-29-21-37(22-30-41)53(3,4)5)47-33-49-51(45-15-11-9-13-43(45)47)52-46-16-12-10-14-44(46)48(34-50(52)57-49)56(40-27-19-36(2)20-28-40)42-31-23-38(24-32-42)54(6,7)8/h9-34H,1-8H3. The fourth-order valence-corrected chi connectivity index (χ4v) is 8.29. The highest BCUT2D eigenvalue weighted by Gasteiger charge is 2.25. The zero-order valence-corrected chi connectivity index (χ0v) is 34.3. The molecule has 0 aliphatic rings. The summed E-state index contributed by atoms with van der Waals surface area (Å²) in [5.74, 6) is 0. The summed E-state index contributed by atoms with van der Waals surface area (Å²) in [5.41, 5.74) is 13.5. The SMILES string of the molecule is Cc1ccc(N(c2ccc(C(C)(C)C)cc2)c2cc3oc4cc(N(c5ccc(C)cc5)c5ccc(C(C)(C)C)cc5)c5ccccc5c4c3c3ccccc23)cc1. The molecule has 0 saturated heterocycles. The minimum Gasteiger partial charge on any atom is -0.456 e. The van der Waals surface area contributed by atoms with E-state index in [4.69, 9.17) is 4.42 Å². The lowest BCUT2D eigenvalue weighted by Gasteiger charge is -2.28. The first-order valence-corrected chi connectivity index (χ1v) is 20.1. The highest BCUT2D eigenvalue weighted by Crippen LogP contribution is 2.49. The van der Waals surface area contributed by atoms with Crippen LogP contribution in [0.2, 0.25) is 0 Å². The Balaban J connectivity index is 1.31. The number of rotatable bonds is 6. The Morgan fingerprint density at radius 1 is 0.368 bits per heavy atom. The molecule has 282 valence electrons. The van der Waals surface area contributed by atoms with Crippen LogP contribution in [0.3, 0.4) is 0 Å². The average molecular weight is 743 g/mol. The second kappa shape index (κ2) is 13.7. The molecule has 0 saturated carbocycles. The monoisotopic (exact) mass is 742 g/mol. The first-order chi connectivity index (χ1) is 27.3. The summed E-state index contributed by atoms with van der Waals surface area (Å²) in [5, 5.41) is 6.94. The third kappa shape index (κ3) is 6.51. The summed E-state index contributed by atoms with van der Waals surface area (Å²) in [6, 6.07) is 57.9.